The molecule has 0 aliphatic heterocycles. The van der Waals surface area contributed by atoms with Crippen molar-refractivity contribution in [2.75, 3.05) is 0 Å². The van der Waals surface area contributed by atoms with Gasteiger partial charge in [0.1, 0.15) is 0 Å². The van der Waals surface area contributed by atoms with Crippen LogP contribution in [0.1, 0.15) is 5.56 Å². The Bertz CT molecular complexity index is 319. The first-order chi connectivity index (χ1) is 5.15. The minimum atomic E-state index is 0.0464. The van der Waals surface area contributed by atoms with Crippen molar-refractivity contribution in [3.05, 3.63) is 32.7 Å². The predicted molar refractivity (Wildman–Crippen MR) is 52.0 cm³/mol. The zero-order chi connectivity index (χ0) is 8.43. The van der Waals surface area contributed by atoms with Gasteiger partial charge >= 0.3 is 0 Å². The molecule has 0 saturated heterocycles. The largest absolute Gasteiger partial charge is 0.317 e. The molecule has 1 rings (SSSR count). The molecule has 11 heavy (non-hydrogen) atoms. The summed E-state index contributed by atoms with van der Waals surface area (Å²) in [4.78, 5) is 11.3. The summed E-state index contributed by atoms with van der Waals surface area (Å²) in [6.07, 6.45) is 1.74. The maximum atomic E-state index is 11.3. The molecule has 0 saturated carbocycles. The van der Waals surface area contributed by atoms with Gasteiger partial charge in [-0.2, -0.15) is 0 Å². The number of pyridine rings is 1. The van der Waals surface area contributed by atoms with Gasteiger partial charge in [-0.05, 0) is 22.0 Å². The minimum absolute atomic E-state index is 0.0464. The van der Waals surface area contributed by atoms with Gasteiger partial charge in [0, 0.05) is 28.6 Å². The monoisotopic (exact) mass is 279 g/mol. The molecule has 0 aliphatic rings. The highest BCUT2D eigenvalue weighted by Gasteiger charge is 2.00. The van der Waals surface area contributed by atoms with Crippen LogP contribution in [-0.2, 0) is 12.4 Å². The lowest BCUT2D eigenvalue weighted by Gasteiger charge is -2.00. The Kier molecular flexibility index (Phi) is 2.90. The summed E-state index contributed by atoms with van der Waals surface area (Å²) in [6, 6.07) is 1.82. The Balaban J connectivity index is 3.37. The fraction of sp³-hybridized carbons (Fsp3) is 0.286. The van der Waals surface area contributed by atoms with E-state index in [0.29, 0.717) is 5.33 Å². The molecular formula is C7H7Br2NO. The van der Waals surface area contributed by atoms with E-state index >= 15 is 0 Å². The number of aromatic nitrogens is 1. The van der Waals surface area contributed by atoms with E-state index in [1.54, 1.807) is 17.8 Å². The number of halogens is 2. The fourth-order valence-corrected chi connectivity index (χ4v) is 1.82. The lowest BCUT2D eigenvalue weighted by Crippen LogP contribution is -2.19. The van der Waals surface area contributed by atoms with Crippen molar-refractivity contribution in [1.82, 2.24) is 4.57 Å². The number of nitrogens with zero attached hydrogens (tertiary/aromatic N) is 1. The molecule has 0 fully saturated rings. The molecule has 60 valence electrons. The molecule has 1 aromatic rings. The van der Waals surface area contributed by atoms with Crippen LogP contribution in [0, 0.1) is 0 Å². The summed E-state index contributed by atoms with van der Waals surface area (Å²) in [5.41, 5.74) is 0.812. The molecule has 0 spiro atoms. The molecule has 0 aliphatic carbocycles. The minimum Gasteiger partial charge on any atom is -0.317 e. The van der Waals surface area contributed by atoms with Gasteiger partial charge in [-0.3, -0.25) is 4.79 Å². The average molecular weight is 281 g/mol. The smallest absolute Gasteiger partial charge is 0.254 e. The Morgan fingerprint density at radius 1 is 1.64 bits per heavy atom. The Hall–Kier alpha value is -0.0900. The summed E-state index contributed by atoms with van der Waals surface area (Å²) in [6.45, 7) is 0. The molecule has 0 radical (unpaired) electrons. The van der Waals surface area contributed by atoms with Crippen LogP contribution in [0.2, 0.25) is 0 Å². The number of rotatable bonds is 1. The van der Waals surface area contributed by atoms with Crippen LogP contribution in [0.15, 0.2) is 21.5 Å². The molecule has 0 unspecified atom stereocenters. The summed E-state index contributed by atoms with van der Waals surface area (Å²) in [5.74, 6) is 0. The molecule has 0 atom stereocenters. The van der Waals surface area contributed by atoms with Crippen LogP contribution in [0.3, 0.4) is 0 Å². The summed E-state index contributed by atoms with van der Waals surface area (Å²) in [7, 11) is 1.74. The van der Waals surface area contributed by atoms with E-state index in [4.69, 9.17) is 0 Å². The van der Waals surface area contributed by atoms with E-state index in [9.17, 15) is 4.79 Å². The maximum absolute atomic E-state index is 11.3. The van der Waals surface area contributed by atoms with Gasteiger partial charge in [-0.25, -0.2) is 0 Å². The van der Waals surface area contributed by atoms with E-state index < -0.39 is 0 Å². The zero-order valence-corrected chi connectivity index (χ0v) is 9.15. The number of hydrogen-bond donors (Lipinski definition) is 0. The molecule has 0 amide bonds. The summed E-state index contributed by atoms with van der Waals surface area (Å²) < 4.78 is 2.48. The van der Waals surface area contributed by atoms with Crippen molar-refractivity contribution < 1.29 is 0 Å². The molecule has 4 heteroatoms. The standard InChI is InChI=1S/C7H7Br2NO/c1-10-4-6(9)2-5(3-8)7(10)11/h2,4H,3H2,1H3. The van der Waals surface area contributed by atoms with E-state index in [1.807, 2.05) is 6.07 Å². The van der Waals surface area contributed by atoms with Gasteiger partial charge < -0.3 is 4.57 Å². The molecule has 1 aromatic heterocycles. The highest BCUT2D eigenvalue weighted by Crippen LogP contribution is 2.09. The van der Waals surface area contributed by atoms with Crippen molar-refractivity contribution in [1.29, 1.82) is 0 Å². The van der Waals surface area contributed by atoms with E-state index in [0.717, 1.165) is 10.0 Å². The zero-order valence-electron chi connectivity index (χ0n) is 5.97. The molecule has 0 bridgehead atoms. The Morgan fingerprint density at radius 3 is 2.82 bits per heavy atom. The van der Waals surface area contributed by atoms with Gasteiger partial charge in [-0.1, -0.05) is 15.9 Å². The third-order valence-electron chi connectivity index (χ3n) is 1.37. The highest BCUT2D eigenvalue weighted by molar-refractivity contribution is 9.10. The molecule has 0 aromatic carbocycles. The van der Waals surface area contributed by atoms with Gasteiger partial charge in [0.2, 0.25) is 0 Å². The predicted octanol–water partition coefficient (Wildman–Crippen LogP) is 2.04. The molecular weight excluding hydrogens is 274 g/mol. The lowest BCUT2D eigenvalue weighted by atomic mass is 10.3. The third kappa shape index (κ3) is 1.93. The van der Waals surface area contributed by atoms with Crippen LogP contribution in [0.4, 0.5) is 0 Å². The van der Waals surface area contributed by atoms with Crippen molar-refractivity contribution in [2.24, 2.45) is 7.05 Å². The van der Waals surface area contributed by atoms with Crippen LogP contribution in [0.25, 0.3) is 0 Å². The Morgan fingerprint density at radius 2 is 2.27 bits per heavy atom. The molecule has 2 nitrogen and oxygen atoms in total. The van der Waals surface area contributed by atoms with Gasteiger partial charge in [0.25, 0.3) is 5.56 Å². The Labute approximate surface area is 81.5 Å². The summed E-state index contributed by atoms with van der Waals surface area (Å²) in [5, 5.41) is 0.596. The quantitative estimate of drug-likeness (QED) is 0.722. The normalized spacial score (nSPS) is 10.1. The SMILES string of the molecule is Cn1cc(Br)cc(CBr)c1=O. The molecule has 0 N–H and O–H groups in total. The second-order valence-corrected chi connectivity index (χ2v) is 3.71. The lowest BCUT2D eigenvalue weighted by molar-refractivity contribution is 0.842. The van der Waals surface area contributed by atoms with Crippen molar-refractivity contribution >= 4 is 31.9 Å². The average Bonchev–Trinajstić information content (AvgIpc) is 1.96. The van der Waals surface area contributed by atoms with Crippen LogP contribution in [-0.4, -0.2) is 4.57 Å². The second kappa shape index (κ2) is 3.54. The van der Waals surface area contributed by atoms with Crippen molar-refractivity contribution in [3.63, 3.8) is 0 Å². The second-order valence-electron chi connectivity index (χ2n) is 2.23. The van der Waals surface area contributed by atoms with E-state index in [2.05, 4.69) is 31.9 Å². The number of aryl methyl sites for hydroxylation is 1. The van der Waals surface area contributed by atoms with E-state index in [-0.39, 0.29) is 5.56 Å². The third-order valence-corrected chi connectivity index (χ3v) is 2.41. The summed E-state index contributed by atoms with van der Waals surface area (Å²) >= 11 is 6.55. The first kappa shape index (κ1) is 9.00. The topological polar surface area (TPSA) is 22.0 Å². The van der Waals surface area contributed by atoms with Crippen molar-refractivity contribution in [3.8, 4) is 0 Å². The van der Waals surface area contributed by atoms with Gasteiger partial charge in [-0.15, -0.1) is 0 Å². The first-order valence-electron chi connectivity index (χ1n) is 3.06. The van der Waals surface area contributed by atoms with Gasteiger partial charge in [0.15, 0.2) is 0 Å². The maximum Gasteiger partial charge on any atom is 0.254 e. The van der Waals surface area contributed by atoms with Gasteiger partial charge in [0.05, 0.1) is 0 Å². The number of hydrogen-bond acceptors (Lipinski definition) is 1. The van der Waals surface area contributed by atoms with Crippen molar-refractivity contribution in [2.45, 2.75) is 5.33 Å². The molecule has 1 heterocycles. The van der Waals surface area contributed by atoms with Crippen LogP contribution >= 0.6 is 31.9 Å². The fourth-order valence-electron chi connectivity index (χ4n) is 0.831. The van der Waals surface area contributed by atoms with Crippen LogP contribution < -0.4 is 5.56 Å². The van der Waals surface area contributed by atoms with E-state index in [1.165, 1.54) is 0 Å². The van der Waals surface area contributed by atoms with Crippen LogP contribution in [0.5, 0.6) is 0 Å². The first-order valence-corrected chi connectivity index (χ1v) is 4.97. The highest BCUT2D eigenvalue weighted by atomic mass is 79.9. The number of alkyl halides is 1.